The third kappa shape index (κ3) is 2.69. The van der Waals surface area contributed by atoms with E-state index in [2.05, 4.69) is 15.1 Å². The molecule has 1 aromatic rings. The molecule has 3 heterocycles. The number of hydrogen-bond acceptors (Lipinski definition) is 6. The Morgan fingerprint density at radius 3 is 2.50 bits per heavy atom. The number of hydrogen-bond donors (Lipinski definition) is 1. The Bertz CT molecular complexity index is 549. The van der Waals surface area contributed by atoms with Gasteiger partial charge >= 0.3 is 6.01 Å². The second kappa shape index (κ2) is 5.53. The molecule has 1 aromatic heterocycles. The van der Waals surface area contributed by atoms with E-state index in [9.17, 15) is 4.79 Å². The van der Waals surface area contributed by atoms with E-state index in [0.717, 1.165) is 44.7 Å². The highest BCUT2D eigenvalue weighted by molar-refractivity contribution is 5.79. The van der Waals surface area contributed by atoms with Crippen LogP contribution >= 0.6 is 0 Å². The number of primary amides is 1. The number of carbonyl (C=O) groups excluding carboxylic acids is 1. The molecule has 0 bridgehead atoms. The summed E-state index contributed by atoms with van der Waals surface area (Å²) in [5.41, 5.74) is 5.32. The van der Waals surface area contributed by atoms with Crippen LogP contribution in [0.25, 0.3) is 0 Å². The lowest BCUT2D eigenvalue weighted by molar-refractivity contribution is -0.130. The fourth-order valence-corrected chi connectivity index (χ4v) is 3.53. The van der Waals surface area contributed by atoms with Crippen molar-refractivity contribution >= 4 is 11.9 Å². The number of aromatic nitrogens is 2. The highest BCUT2D eigenvalue weighted by atomic mass is 16.5. The van der Waals surface area contributed by atoms with Gasteiger partial charge in [0.2, 0.25) is 11.8 Å². The molecule has 22 heavy (non-hydrogen) atoms. The number of ether oxygens (including phenoxy) is 1. The summed E-state index contributed by atoms with van der Waals surface area (Å²) in [6.07, 6.45) is 5.87. The average molecular weight is 306 g/mol. The maximum atomic E-state index is 11.2. The molecular formula is C15H22N4O3. The zero-order valence-electron chi connectivity index (χ0n) is 12.6. The summed E-state index contributed by atoms with van der Waals surface area (Å²) in [5.74, 6) is 1.45. The fourth-order valence-electron chi connectivity index (χ4n) is 3.53. The quantitative estimate of drug-likeness (QED) is 0.898. The topological polar surface area (TPSA) is 94.5 Å². The molecular weight excluding hydrogens is 284 g/mol. The molecule has 0 unspecified atom stereocenters. The zero-order valence-corrected chi connectivity index (χ0v) is 12.6. The Hall–Kier alpha value is -1.63. The molecule has 2 saturated heterocycles. The summed E-state index contributed by atoms with van der Waals surface area (Å²) < 4.78 is 11.6. The molecule has 120 valence electrons. The number of carbonyl (C=O) groups is 1. The number of anilines is 1. The van der Waals surface area contributed by atoms with Gasteiger partial charge in [0.15, 0.2) is 0 Å². The van der Waals surface area contributed by atoms with Crippen molar-refractivity contribution in [1.82, 2.24) is 10.2 Å². The van der Waals surface area contributed by atoms with E-state index in [1.165, 1.54) is 12.8 Å². The summed E-state index contributed by atoms with van der Waals surface area (Å²) in [6.45, 7) is 1.80. The third-order valence-electron chi connectivity index (χ3n) is 5.06. The molecule has 0 spiro atoms. The van der Waals surface area contributed by atoms with E-state index < -0.39 is 0 Å². The van der Waals surface area contributed by atoms with Gasteiger partial charge in [-0.2, -0.15) is 0 Å². The van der Waals surface area contributed by atoms with Crippen LogP contribution in [-0.2, 0) is 9.53 Å². The van der Waals surface area contributed by atoms with Crippen LogP contribution in [0.1, 0.15) is 50.3 Å². The van der Waals surface area contributed by atoms with Crippen LogP contribution in [0.4, 0.5) is 6.01 Å². The van der Waals surface area contributed by atoms with Crippen LogP contribution < -0.4 is 10.6 Å². The number of nitrogens with zero attached hydrogens (tertiary/aromatic N) is 3. The van der Waals surface area contributed by atoms with Crippen LogP contribution in [0, 0.1) is 5.92 Å². The molecule has 3 aliphatic rings. The van der Waals surface area contributed by atoms with Gasteiger partial charge in [-0.15, -0.1) is 5.10 Å². The van der Waals surface area contributed by atoms with Crippen molar-refractivity contribution in [3.05, 3.63) is 5.89 Å². The highest BCUT2D eigenvalue weighted by Gasteiger charge is 2.37. The lowest BCUT2D eigenvalue weighted by atomic mass is 9.90. The number of amides is 1. The van der Waals surface area contributed by atoms with Gasteiger partial charge in [0, 0.05) is 19.0 Å². The maximum Gasteiger partial charge on any atom is 0.318 e. The van der Waals surface area contributed by atoms with Crippen LogP contribution in [-0.4, -0.2) is 41.4 Å². The van der Waals surface area contributed by atoms with Gasteiger partial charge in [-0.1, -0.05) is 5.10 Å². The van der Waals surface area contributed by atoms with Crippen LogP contribution in [0.2, 0.25) is 0 Å². The number of nitrogens with two attached hydrogens (primary N) is 1. The molecule has 1 aliphatic carbocycles. The first-order chi connectivity index (χ1) is 10.7. The largest absolute Gasteiger partial charge is 0.408 e. The maximum absolute atomic E-state index is 11.2. The SMILES string of the molecule is NC(=O)[C@H]1CC[C@@H](C2CCN(c3nnc(C4CC4)o3)CC2)O1. The van der Waals surface area contributed by atoms with Crippen molar-refractivity contribution < 1.29 is 13.9 Å². The average Bonchev–Trinajstić information content (AvgIpc) is 3.06. The summed E-state index contributed by atoms with van der Waals surface area (Å²) in [6, 6.07) is 0.655. The summed E-state index contributed by atoms with van der Waals surface area (Å²) in [5, 5.41) is 8.32. The summed E-state index contributed by atoms with van der Waals surface area (Å²) in [7, 11) is 0. The molecule has 0 aromatic carbocycles. The Morgan fingerprint density at radius 2 is 1.86 bits per heavy atom. The van der Waals surface area contributed by atoms with Gasteiger partial charge in [-0.25, -0.2) is 0 Å². The first-order valence-corrected chi connectivity index (χ1v) is 8.24. The Kier molecular flexibility index (Phi) is 3.52. The molecule has 7 heteroatoms. The van der Waals surface area contributed by atoms with Crippen molar-refractivity contribution in [2.75, 3.05) is 18.0 Å². The van der Waals surface area contributed by atoms with Crippen molar-refractivity contribution in [2.24, 2.45) is 11.7 Å². The van der Waals surface area contributed by atoms with Crippen molar-refractivity contribution in [3.8, 4) is 0 Å². The predicted octanol–water partition coefficient (Wildman–Crippen LogP) is 1.20. The molecule has 3 fully saturated rings. The minimum Gasteiger partial charge on any atom is -0.408 e. The smallest absolute Gasteiger partial charge is 0.318 e. The molecule has 7 nitrogen and oxygen atoms in total. The van der Waals surface area contributed by atoms with E-state index in [0.29, 0.717) is 17.9 Å². The normalized spacial score (nSPS) is 29.9. The van der Waals surface area contributed by atoms with E-state index in [4.69, 9.17) is 14.9 Å². The molecule has 1 saturated carbocycles. The first-order valence-electron chi connectivity index (χ1n) is 8.24. The highest BCUT2D eigenvalue weighted by Crippen LogP contribution is 2.40. The fraction of sp³-hybridized carbons (Fsp3) is 0.800. The van der Waals surface area contributed by atoms with Gasteiger partial charge in [0.1, 0.15) is 6.10 Å². The van der Waals surface area contributed by atoms with E-state index in [1.807, 2.05) is 0 Å². The van der Waals surface area contributed by atoms with E-state index >= 15 is 0 Å². The lowest BCUT2D eigenvalue weighted by Gasteiger charge is -2.33. The number of piperidine rings is 1. The van der Waals surface area contributed by atoms with Crippen LogP contribution in [0.5, 0.6) is 0 Å². The van der Waals surface area contributed by atoms with Crippen LogP contribution in [0.3, 0.4) is 0 Å². The molecule has 1 amide bonds. The molecule has 2 atom stereocenters. The molecule has 4 rings (SSSR count). The minimum atomic E-state index is -0.389. The number of rotatable bonds is 4. The van der Waals surface area contributed by atoms with Gasteiger partial charge < -0.3 is 19.8 Å². The predicted molar refractivity (Wildman–Crippen MR) is 78.3 cm³/mol. The van der Waals surface area contributed by atoms with Crippen molar-refractivity contribution in [1.29, 1.82) is 0 Å². The Morgan fingerprint density at radius 1 is 1.09 bits per heavy atom. The minimum absolute atomic E-state index is 0.171. The van der Waals surface area contributed by atoms with E-state index in [-0.39, 0.29) is 18.1 Å². The lowest BCUT2D eigenvalue weighted by Crippen LogP contribution is -2.38. The second-order valence-corrected chi connectivity index (χ2v) is 6.66. The van der Waals surface area contributed by atoms with Gasteiger partial charge in [-0.3, -0.25) is 4.79 Å². The first kappa shape index (κ1) is 14.0. The van der Waals surface area contributed by atoms with Gasteiger partial charge in [0.25, 0.3) is 0 Å². The van der Waals surface area contributed by atoms with Crippen molar-refractivity contribution in [2.45, 2.75) is 56.7 Å². The molecule has 2 aliphatic heterocycles. The zero-order chi connectivity index (χ0) is 15.1. The molecule has 0 radical (unpaired) electrons. The summed E-state index contributed by atoms with van der Waals surface area (Å²) in [4.78, 5) is 13.4. The Balaban J connectivity index is 1.31. The monoisotopic (exact) mass is 306 g/mol. The summed E-state index contributed by atoms with van der Waals surface area (Å²) >= 11 is 0. The second-order valence-electron chi connectivity index (χ2n) is 6.66. The standard InChI is InChI=1S/C15H22N4O3/c16-13(20)12-4-3-11(21-12)9-5-7-19(8-6-9)15-18-17-14(22-15)10-1-2-10/h9-12H,1-8H2,(H2,16,20)/t11-,12+/m0/s1. The molecule has 2 N–H and O–H groups in total. The Labute approximate surface area is 129 Å². The van der Waals surface area contributed by atoms with Crippen molar-refractivity contribution in [3.63, 3.8) is 0 Å². The van der Waals surface area contributed by atoms with Crippen LogP contribution in [0.15, 0.2) is 4.42 Å². The van der Waals surface area contributed by atoms with E-state index in [1.54, 1.807) is 0 Å². The van der Waals surface area contributed by atoms with Gasteiger partial charge in [-0.05, 0) is 44.4 Å². The third-order valence-corrected chi connectivity index (χ3v) is 5.06. The van der Waals surface area contributed by atoms with Gasteiger partial charge in [0.05, 0.1) is 6.10 Å².